The summed E-state index contributed by atoms with van der Waals surface area (Å²) < 4.78 is 1.97. The number of aryl methyl sites for hydroxylation is 1. The smallest absolute Gasteiger partial charge is 0.219 e. The summed E-state index contributed by atoms with van der Waals surface area (Å²) >= 11 is 4.81. The predicted octanol–water partition coefficient (Wildman–Crippen LogP) is 4.86. The molecule has 0 aliphatic rings. The third kappa shape index (κ3) is 4.80. The molecular weight excluding hydrogens is 434 g/mol. The first-order valence-electron chi connectivity index (χ1n) is 9.56. The Labute approximate surface area is 187 Å². The molecule has 0 fully saturated rings. The molecule has 3 heterocycles. The van der Waals surface area contributed by atoms with Crippen molar-refractivity contribution in [3.63, 3.8) is 0 Å². The van der Waals surface area contributed by atoms with Crippen LogP contribution in [-0.4, -0.2) is 25.7 Å². The maximum Gasteiger partial charge on any atom is 0.219 e. The van der Waals surface area contributed by atoms with Gasteiger partial charge in [0.1, 0.15) is 5.01 Å². The number of carbonyl (C=O) groups is 1. The van der Waals surface area contributed by atoms with E-state index in [0.717, 1.165) is 38.5 Å². The van der Waals surface area contributed by atoms with Crippen molar-refractivity contribution in [3.8, 4) is 21.3 Å². The van der Waals surface area contributed by atoms with Crippen molar-refractivity contribution in [3.05, 3.63) is 58.4 Å². The molecule has 1 aromatic carbocycles. The van der Waals surface area contributed by atoms with Crippen LogP contribution in [0.2, 0.25) is 0 Å². The molecule has 0 unspecified atom stereocenters. The fourth-order valence-electron chi connectivity index (χ4n) is 2.93. The number of amides is 1. The molecule has 0 spiro atoms. The van der Waals surface area contributed by atoms with Crippen molar-refractivity contribution >= 4 is 40.3 Å². The van der Waals surface area contributed by atoms with Crippen LogP contribution in [0.5, 0.6) is 0 Å². The number of rotatable bonds is 9. The Kier molecular flexibility index (Phi) is 6.61. The maximum atomic E-state index is 11.3. The third-order valence-electron chi connectivity index (χ3n) is 4.55. The van der Waals surface area contributed by atoms with Gasteiger partial charge < -0.3 is 10.3 Å². The summed E-state index contributed by atoms with van der Waals surface area (Å²) in [6.07, 6.45) is 1.28. The van der Waals surface area contributed by atoms with E-state index < -0.39 is 0 Å². The van der Waals surface area contributed by atoms with Gasteiger partial charge in [-0.25, -0.2) is 4.98 Å². The average molecular weight is 456 g/mol. The fraction of sp³-hybridized carbons (Fsp3) is 0.238. The molecule has 9 heteroatoms. The minimum Gasteiger partial charge on any atom is -0.370 e. The van der Waals surface area contributed by atoms with Crippen molar-refractivity contribution in [2.75, 3.05) is 0 Å². The van der Waals surface area contributed by atoms with Gasteiger partial charge in [0.25, 0.3) is 0 Å². The van der Waals surface area contributed by atoms with Gasteiger partial charge >= 0.3 is 0 Å². The number of thiophene rings is 1. The largest absolute Gasteiger partial charge is 0.370 e. The van der Waals surface area contributed by atoms with E-state index in [-0.39, 0.29) is 12.3 Å². The number of nitrogens with zero attached hydrogens (tertiary/aromatic N) is 4. The van der Waals surface area contributed by atoms with Gasteiger partial charge in [-0.2, -0.15) is 0 Å². The minimum absolute atomic E-state index is 0.249. The molecule has 0 aliphatic heterocycles. The van der Waals surface area contributed by atoms with E-state index in [4.69, 9.17) is 10.7 Å². The summed E-state index contributed by atoms with van der Waals surface area (Å²) in [7, 11) is 0. The molecule has 0 atom stereocenters. The second kappa shape index (κ2) is 9.55. The van der Waals surface area contributed by atoms with Crippen LogP contribution in [0, 0.1) is 0 Å². The molecule has 0 aliphatic carbocycles. The lowest BCUT2D eigenvalue weighted by molar-refractivity contribution is -0.118. The Hall–Kier alpha value is -2.49. The number of hydrogen-bond donors (Lipinski definition) is 1. The van der Waals surface area contributed by atoms with Gasteiger partial charge in [0, 0.05) is 29.7 Å². The van der Waals surface area contributed by atoms with E-state index in [2.05, 4.69) is 46.8 Å². The summed E-state index contributed by atoms with van der Waals surface area (Å²) in [4.78, 5) is 17.1. The SMILES string of the molecule is CCc1ccc(-c2nc(CSc3nnc(-c4cccs4)n3CCC(N)=O)cs2)cc1. The van der Waals surface area contributed by atoms with Crippen LogP contribution in [0.1, 0.15) is 24.6 Å². The molecule has 2 N–H and O–H groups in total. The number of primary amides is 1. The van der Waals surface area contributed by atoms with Crippen molar-refractivity contribution in [1.29, 1.82) is 0 Å². The summed E-state index contributed by atoms with van der Waals surface area (Å²) in [6, 6.07) is 12.5. The van der Waals surface area contributed by atoms with Crippen molar-refractivity contribution in [1.82, 2.24) is 19.7 Å². The first kappa shape index (κ1) is 20.8. The molecule has 0 saturated carbocycles. The van der Waals surface area contributed by atoms with Crippen LogP contribution in [0.25, 0.3) is 21.3 Å². The zero-order valence-corrected chi connectivity index (χ0v) is 18.9. The lowest BCUT2D eigenvalue weighted by Crippen LogP contribution is -2.14. The zero-order valence-electron chi connectivity index (χ0n) is 16.4. The molecule has 3 aromatic heterocycles. The van der Waals surface area contributed by atoms with Crippen molar-refractivity contribution < 1.29 is 4.79 Å². The van der Waals surface area contributed by atoms with Gasteiger partial charge in [-0.1, -0.05) is 49.0 Å². The Morgan fingerprint density at radius 2 is 2.00 bits per heavy atom. The molecule has 4 rings (SSSR count). The van der Waals surface area contributed by atoms with Gasteiger partial charge in [0.15, 0.2) is 11.0 Å². The van der Waals surface area contributed by atoms with E-state index in [9.17, 15) is 4.79 Å². The summed E-state index contributed by atoms with van der Waals surface area (Å²) in [5.41, 5.74) is 8.82. The van der Waals surface area contributed by atoms with Gasteiger partial charge in [-0.3, -0.25) is 4.79 Å². The Morgan fingerprint density at radius 3 is 2.70 bits per heavy atom. The van der Waals surface area contributed by atoms with Gasteiger partial charge in [0.2, 0.25) is 5.91 Å². The highest BCUT2D eigenvalue weighted by molar-refractivity contribution is 7.98. The lowest BCUT2D eigenvalue weighted by atomic mass is 10.1. The molecule has 1 amide bonds. The third-order valence-corrected chi connectivity index (χ3v) is 7.36. The molecule has 6 nitrogen and oxygen atoms in total. The number of thioether (sulfide) groups is 1. The monoisotopic (exact) mass is 455 g/mol. The highest BCUT2D eigenvalue weighted by Crippen LogP contribution is 2.31. The quantitative estimate of drug-likeness (QED) is 0.364. The molecule has 154 valence electrons. The number of benzene rings is 1. The molecule has 0 radical (unpaired) electrons. The normalized spacial score (nSPS) is 11.1. The zero-order chi connectivity index (χ0) is 20.9. The highest BCUT2D eigenvalue weighted by atomic mass is 32.2. The lowest BCUT2D eigenvalue weighted by Gasteiger charge is -2.07. The summed E-state index contributed by atoms with van der Waals surface area (Å²) in [6.45, 7) is 2.61. The van der Waals surface area contributed by atoms with E-state index in [1.807, 2.05) is 22.1 Å². The number of nitrogens with two attached hydrogens (primary N) is 1. The van der Waals surface area contributed by atoms with E-state index >= 15 is 0 Å². The second-order valence-corrected chi connectivity index (χ2v) is 9.38. The van der Waals surface area contributed by atoms with Crippen LogP contribution < -0.4 is 5.73 Å². The summed E-state index contributed by atoms with van der Waals surface area (Å²) in [5, 5.41) is 14.6. The first-order valence-corrected chi connectivity index (χ1v) is 12.3. The Bertz CT molecular complexity index is 1120. The molecule has 30 heavy (non-hydrogen) atoms. The van der Waals surface area contributed by atoms with E-state index in [0.29, 0.717) is 12.3 Å². The topological polar surface area (TPSA) is 86.7 Å². The fourth-order valence-corrected chi connectivity index (χ4v) is 5.44. The Balaban J connectivity index is 1.49. The van der Waals surface area contributed by atoms with E-state index in [1.165, 1.54) is 5.56 Å². The van der Waals surface area contributed by atoms with Crippen LogP contribution in [0.3, 0.4) is 0 Å². The Morgan fingerprint density at radius 1 is 1.17 bits per heavy atom. The number of hydrogen-bond acceptors (Lipinski definition) is 7. The van der Waals surface area contributed by atoms with Gasteiger partial charge in [-0.05, 0) is 23.4 Å². The van der Waals surface area contributed by atoms with Crippen molar-refractivity contribution in [2.45, 2.75) is 37.2 Å². The molecular formula is C21H21N5OS3. The number of aromatic nitrogens is 4. The van der Waals surface area contributed by atoms with Crippen LogP contribution in [0.15, 0.2) is 52.3 Å². The van der Waals surface area contributed by atoms with Crippen LogP contribution in [0.4, 0.5) is 0 Å². The average Bonchev–Trinajstić information content (AvgIpc) is 3.51. The van der Waals surface area contributed by atoms with Gasteiger partial charge in [-0.15, -0.1) is 32.9 Å². The van der Waals surface area contributed by atoms with Crippen LogP contribution >= 0.6 is 34.4 Å². The first-order chi connectivity index (χ1) is 14.6. The molecule has 4 aromatic rings. The molecule has 0 saturated heterocycles. The standard InChI is InChI=1S/C21H21N5OS3/c1-2-14-5-7-15(8-6-14)20-23-16(12-29-20)13-30-21-25-24-19(17-4-3-11-28-17)26(21)10-9-18(22)27/h3-8,11-12H,2,9-10,13H2,1H3,(H2,22,27). The highest BCUT2D eigenvalue weighted by Gasteiger charge is 2.16. The minimum atomic E-state index is -0.338. The maximum absolute atomic E-state index is 11.3. The molecule has 0 bridgehead atoms. The van der Waals surface area contributed by atoms with Crippen molar-refractivity contribution in [2.24, 2.45) is 5.73 Å². The van der Waals surface area contributed by atoms with Crippen LogP contribution in [-0.2, 0) is 23.5 Å². The summed E-state index contributed by atoms with van der Waals surface area (Å²) in [5.74, 6) is 1.11. The number of carbonyl (C=O) groups excluding carboxylic acids is 1. The van der Waals surface area contributed by atoms with Gasteiger partial charge in [0.05, 0.1) is 10.6 Å². The predicted molar refractivity (Wildman–Crippen MR) is 124 cm³/mol. The number of thiazole rings is 1. The van der Waals surface area contributed by atoms with E-state index in [1.54, 1.807) is 34.4 Å². The second-order valence-electron chi connectivity index (χ2n) is 6.63.